The lowest BCUT2D eigenvalue weighted by Crippen LogP contribution is -2.49. The number of anilines is 2. The van der Waals surface area contributed by atoms with Crippen LogP contribution in [-0.2, 0) is 12.7 Å². The summed E-state index contributed by atoms with van der Waals surface area (Å²) in [6.07, 6.45) is 2.28. The Morgan fingerprint density at radius 3 is 2.45 bits per heavy atom. The second-order valence-electron chi connectivity index (χ2n) is 8.39. The maximum absolute atomic E-state index is 13.3. The van der Waals surface area contributed by atoms with Crippen molar-refractivity contribution in [3.05, 3.63) is 41.6 Å². The lowest BCUT2D eigenvalue weighted by atomic mass is 10.0. The van der Waals surface area contributed by atoms with E-state index in [4.69, 9.17) is 0 Å². The van der Waals surface area contributed by atoms with Crippen molar-refractivity contribution in [2.75, 3.05) is 55.1 Å². The van der Waals surface area contributed by atoms with Crippen LogP contribution in [-0.4, -0.2) is 71.1 Å². The number of halogens is 3. The van der Waals surface area contributed by atoms with Crippen LogP contribution in [0.2, 0.25) is 0 Å². The summed E-state index contributed by atoms with van der Waals surface area (Å²) in [5, 5.41) is 4.24. The highest BCUT2D eigenvalue weighted by Crippen LogP contribution is 2.35. The quantitative estimate of drug-likeness (QED) is 0.639. The van der Waals surface area contributed by atoms with Gasteiger partial charge >= 0.3 is 12.2 Å². The average molecular weight is 483 g/mol. The Bertz CT molecular complexity index is 952. The molecule has 11 heteroatoms. The van der Waals surface area contributed by atoms with E-state index >= 15 is 0 Å². The third-order valence-corrected chi connectivity index (χ3v) is 6.55. The van der Waals surface area contributed by atoms with Crippen LogP contribution in [0.3, 0.4) is 0 Å². The topological polar surface area (TPSA) is 56.6 Å². The first-order valence-electron chi connectivity index (χ1n) is 11.2. The Kier molecular flexibility index (Phi) is 7.38. The van der Waals surface area contributed by atoms with Crippen LogP contribution < -0.4 is 9.62 Å². The molecule has 2 fully saturated rings. The molecule has 0 saturated carbocycles. The van der Waals surface area contributed by atoms with Gasteiger partial charge in [0.1, 0.15) is 0 Å². The zero-order valence-electron chi connectivity index (χ0n) is 18.6. The smallest absolute Gasteiger partial charge is 0.371 e. The Morgan fingerprint density at radius 2 is 1.79 bits per heavy atom. The number of nitrogens with zero attached hydrogens (tertiary/aromatic N) is 5. The van der Waals surface area contributed by atoms with Gasteiger partial charge in [0.2, 0.25) is 0 Å². The zero-order chi connectivity index (χ0) is 23.4. The number of rotatable bonds is 5. The van der Waals surface area contributed by atoms with Crippen LogP contribution >= 0.6 is 11.9 Å². The molecule has 180 valence electrons. The first-order chi connectivity index (χ1) is 15.8. The van der Waals surface area contributed by atoms with Crippen molar-refractivity contribution in [2.45, 2.75) is 32.0 Å². The normalized spacial score (nSPS) is 17.9. The van der Waals surface area contributed by atoms with Gasteiger partial charge in [0.15, 0.2) is 5.82 Å². The Morgan fingerprint density at radius 1 is 1.06 bits per heavy atom. The van der Waals surface area contributed by atoms with Crippen LogP contribution in [0.15, 0.2) is 30.5 Å². The fourth-order valence-electron chi connectivity index (χ4n) is 4.38. The highest BCUT2D eigenvalue weighted by atomic mass is 32.2. The minimum atomic E-state index is -4.35. The lowest BCUT2D eigenvalue weighted by molar-refractivity contribution is -0.137. The van der Waals surface area contributed by atoms with Crippen LogP contribution in [0.4, 0.5) is 29.5 Å². The van der Waals surface area contributed by atoms with Gasteiger partial charge in [-0.3, -0.25) is 4.90 Å². The second kappa shape index (κ2) is 10.3. The highest BCUT2D eigenvalue weighted by molar-refractivity contribution is 7.99. The summed E-state index contributed by atoms with van der Waals surface area (Å²) in [6.45, 7) is 4.54. The molecule has 0 aliphatic carbocycles. The minimum absolute atomic E-state index is 0.174. The van der Waals surface area contributed by atoms with Gasteiger partial charge in [-0.05, 0) is 37.0 Å². The molecule has 0 radical (unpaired) electrons. The van der Waals surface area contributed by atoms with E-state index in [1.807, 2.05) is 6.26 Å². The Labute approximate surface area is 196 Å². The number of hydrogen-bond acceptors (Lipinski definition) is 6. The number of alkyl halides is 3. The number of aromatic nitrogens is 2. The predicted molar refractivity (Wildman–Crippen MR) is 125 cm³/mol. The van der Waals surface area contributed by atoms with E-state index in [2.05, 4.69) is 19.6 Å². The van der Waals surface area contributed by atoms with Crippen molar-refractivity contribution in [1.82, 2.24) is 19.6 Å². The fraction of sp³-hybridized carbons (Fsp3) is 0.545. The van der Waals surface area contributed by atoms with E-state index in [1.54, 1.807) is 23.2 Å². The molecule has 1 aromatic carbocycles. The van der Waals surface area contributed by atoms with Gasteiger partial charge in [-0.1, -0.05) is 18.0 Å². The Balaban J connectivity index is 1.41. The largest absolute Gasteiger partial charge is 0.416 e. The van der Waals surface area contributed by atoms with E-state index in [-0.39, 0.29) is 6.03 Å². The van der Waals surface area contributed by atoms with E-state index in [0.29, 0.717) is 44.2 Å². The molecule has 1 amide bonds. The molecule has 0 atom stereocenters. The summed E-state index contributed by atoms with van der Waals surface area (Å²) in [7, 11) is 0. The minimum Gasteiger partial charge on any atom is -0.371 e. The van der Waals surface area contributed by atoms with Crippen molar-refractivity contribution in [1.29, 1.82) is 0 Å². The first kappa shape index (κ1) is 23.7. The van der Waals surface area contributed by atoms with E-state index in [9.17, 15) is 18.0 Å². The van der Waals surface area contributed by atoms with Crippen LogP contribution in [0.5, 0.6) is 0 Å². The van der Waals surface area contributed by atoms with Gasteiger partial charge in [-0.15, -0.1) is 5.10 Å². The number of carbonyl (C=O) groups is 1. The molecule has 1 aromatic heterocycles. The molecule has 2 aliphatic heterocycles. The molecular weight excluding hydrogens is 453 g/mol. The SMILES string of the molecule is CSNc1ccn(C(=O)N2CCN(Cc3ccc(C(F)(F)F)cc3N3CCCCC3)CC2)n1. The van der Waals surface area contributed by atoms with Crippen LogP contribution in [0.1, 0.15) is 30.4 Å². The number of carbonyl (C=O) groups excluding carboxylic acids is 1. The summed E-state index contributed by atoms with van der Waals surface area (Å²) in [6, 6.07) is 5.68. The highest BCUT2D eigenvalue weighted by Gasteiger charge is 2.32. The molecule has 33 heavy (non-hydrogen) atoms. The summed E-state index contributed by atoms with van der Waals surface area (Å²) in [4.78, 5) is 18.8. The predicted octanol–water partition coefficient (Wildman–Crippen LogP) is 4.37. The molecule has 3 heterocycles. The van der Waals surface area contributed by atoms with Gasteiger partial charge in [-0.25, -0.2) is 4.79 Å². The van der Waals surface area contributed by atoms with E-state index < -0.39 is 11.7 Å². The molecule has 2 aliphatic rings. The molecule has 7 nitrogen and oxygen atoms in total. The molecule has 4 rings (SSSR count). The molecular formula is C22H29F3N6OS. The summed E-state index contributed by atoms with van der Waals surface area (Å²) >= 11 is 1.41. The molecule has 0 unspecified atom stereocenters. The van der Waals surface area contributed by atoms with Gasteiger partial charge < -0.3 is 14.5 Å². The Hall–Kier alpha value is -2.40. The third-order valence-electron chi connectivity index (χ3n) is 6.14. The number of hydrogen-bond donors (Lipinski definition) is 1. The molecule has 2 saturated heterocycles. The van der Waals surface area contributed by atoms with Crippen molar-refractivity contribution in [2.24, 2.45) is 0 Å². The van der Waals surface area contributed by atoms with E-state index in [0.717, 1.165) is 37.9 Å². The van der Waals surface area contributed by atoms with Gasteiger partial charge in [0.25, 0.3) is 0 Å². The van der Waals surface area contributed by atoms with Crippen LogP contribution in [0, 0.1) is 0 Å². The summed E-state index contributed by atoms with van der Waals surface area (Å²) in [5.74, 6) is 0.627. The van der Waals surface area contributed by atoms with Crippen molar-refractivity contribution in [3.8, 4) is 0 Å². The van der Waals surface area contributed by atoms with Gasteiger partial charge in [0.05, 0.1) is 5.56 Å². The summed E-state index contributed by atoms with van der Waals surface area (Å²) < 4.78 is 44.4. The van der Waals surface area contributed by atoms with Gasteiger partial charge in [0, 0.05) is 70.0 Å². The first-order valence-corrected chi connectivity index (χ1v) is 12.4. The number of nitrogens with one attached hydrogen (secondary N) is 1. The van der Waals surface area contributed by atoms with Gasteiger partial charge in [-0.2, -0.15) is 17.9 Å². The van der Waals surface area contributed by atoms with E-state index in [1.165, 1.54) is 28.8 Å². The third kappa shape index (κ3) is 5.75. The van der Waals surface area contributed by atoms with Crippen molar-refractivity contribution >= 4 is 29.5 Å². The second-order valence-corrected chi connectivity index (χ2v) is 9.00. The number of amides is 1. The maximum Gasteiger partial charge on any atom is 0.416 e. The van der Waals surface area contributed by atoms with Crippen LogP contribution in [0.25, 0.3) is 0 Å². The van der Waals surface area contributed by atoms with Crippen molar-refractivity contribution < 1.29 is 18.0 Å². The molecule has 0 bridgehead atoms. The fourth-order valence-corrected chi connectivity index (χ4v) is 4.69. The summed E-state index contributed by atoms with van der Waals surface area (Å²) in [5.41, 5.74) is 0.995. The average Bonchev–Trinajstić information content (AvgIpc) is 3.28. The zero-order valence-corrected chi connectivity index (χ0v) is 19.5. The molecule has 1 N–H and O–H groups in total. The molecule has 2 aromatic rings. The lowest BCUT2D eigenvalue weighted by Gasteiger charge is -2.36. The maximum atomic E-state index is 13.3. The number of benzene rings is 1. The monoisotopic (exact) mass is 482 g/mol. The number of piperazine rings is 1. The van der Waals surface area contributed by atoms with Crippen molar-refractivity contribution in [3.63, 3.8) is 0 Å². The molecule has 0 spiro atoms. The standard InChI is InChI=1S/C22H29F3N6OS/c1-33-27-20-7-10-31(26-20)21(32)30-13-11-28(12-14-30)16-17-5-6-18(22(23,24)25)15-19(17)29-8-3-2-4-9-29/h5-7,10,15H,2-4,8-9,11-14,16H2,1H3,(H,26,27). The number of piperidine rings is 1.